The normalized spacial score (nSPS) is 13.3. The molecule has 0 fully saturated rings. The van der Waals surface area contributed by atoms with Crippen LogP contribution in [0.5, 0.6) is 11.5 Å². The predicted molar refractivity (Wildman–Crippen MR) is 101 cm³/mol. The number of rotatable bonds is 5. The topological polar surface area (TPSA) is 121 Å². The lowest BCUT2D eigenvalue weighted by Gasteiger charge is -2.13. The first-order chi connectivity index (χ1) is 13.9. The number of fused-ring (bicyclic) bond motifs is 2. The van der Waals surface area contributed by atoms with Crippen molar-refractivity contribution in [2.24, 2.45) is 0 Å². The van der Waals surface area contributed by atoms with Crippen LogP contribution in [0.15, 0.2) is 36.4 Å². The van der Waals surface area contributed by atoms with Gasteiger partial charge in [0.1, 0.15) is 5.56 Å². The van der Waals surface area contributed by atoms with E-state index in [1.807, 2.05) is 12.1 Å². The number of nitro groups is 1. The van der Waals surface area contributed by atoms with Gasteiger partial charge >= 0.3 is 5.97 Å². The third-order valence-electron chi connectivity index (χ3n) is 4.70. The number of hydrogen-bond acceptors (Lipinski definition) is 7. The molecule has 1 atom stereocenters. The number of ketones is 1. The van der Waals surface area contributed by atoms with Gasteiger partial charge in [0.2, 0.25) is 12.6 Å². The smallest absolute Gasteiger partial charge is 0.346 e. The van der Waals surface area contributed by atoms with Crippen molar-refractivity contribution in [3.05, 3.63) is 63.3 Å². The summed E-state index contributed by atoms with van der Waals surface area (Å²) in [7, 11) is 0. The Balaban J connectivity index is 1.62. The molecule has 29 heavy (non-hydrogen) atoms. The molecule has 148 valence electrons. The number of nitro benzene ring substituents is 1. The molecule has 4 rings (SSSR count). The van der Waals surface area contributed by atoms with Crippen LogP contribution in [0, 0.1) is 17.0 Å². The molecule has 0 amide bonds. The van der Waals surface area contributed by atoms with Crippen molar-refractivity contribution < 1.29 is 28.7 Å². The second-order valence-corrected chi connectivity index (χ2v) is 6.56. The third kappa shape index (κ3) is 3.16. The molecule has 0 radical (unpaired) electrons. The summed E-state index contributed by atoms with van der Waals surface area (Å²) in [6, 6.07) is 9.58. The van der Waals surface area contributed by atoms with Gasteiger partial charge in [-0.2, -0.15) is 0 Å². The Hall–Kier alpha value is -3.88. The first-order valence-electron chi connectivity index (χ1n) is 8.77. The van der Waals surface area contributed by atoms with Crippen LogP contribution in [-0.2, 0) is 4.74 Å². The fourth-order valence-corrected chi connectivity index (χ4v) is 3.32. The molecule has 0 bridgehead atoms. The van der Waals surface area contributed by atoms with Crippen molar-refractivity contribution in [3.8, 4) is 11.5 Å². The number of aryl methyl sites for hydroxylation is 1. The van der Waals surface area contributed by atoms with E-state index >= 15 is 0 Å². The lowest BCUT2D eigenvalue weighted by Crippen LogP contribution is -2.25. The van der Waals surface area contributed by atoms with Gasteiger partial charge in [0.05, 0.1) is 11.0 Å². The Morgan fingerprint density at radius 3 is 2.62 bits per heavy atom. The monoisotopic (exact) mass is 396 g/mol. The summed E-state index contributed by atoms with van der Waals surface area (Å²) < 4.78 is 15.6. The number of Topliss-reactive ketones (excluding diaryl/α,β-unsaturated/α-hetero) is 1. The van der Waals surface area contributed by atoms with Gasteiger partial charge in [-0.15, -0.1) is 0 Å². The molecule has 2 aromatic carbocycles. The van der Waals surface area contributed by atoms with Crippen LogP contribution >= 0.6 is 0 Å². The van der Waals surface area contributed by atoms with Crippen LogP contribution < -0.4 is 9.47 Å². The zero-order valence-electron chi connectivity index (χ0n) is 15.6. The lowest BCUT2D eigenvalue weighted by atomic mass is 10.0. The Kier molecular flexibility index (Phi) is 4.42. The number of esters is 1. The van der Waals surface area contributed by atoms with Crippen LogP contribution in [-0.4, -0.2) is 34.6 Å². The van der Waals surface area contributed by atoms with Crippen LogP contribution in [0.2, 0.25) is 0 Å². The quantitative estimate of drug-likeness (QED) is 0.303. The molecule has 2 heterocycles. The molecule has 9 nitrogen and oxygen atoms in total. The van der Waals surface area contributed by atoms with E-state index in [-0.39, 0.29) is 23.9 Å². The van der Waals surface area contributed by atoms with Crippen molar-refractivity contribution in [2.45, 2.75) is 20.0 Å². The van der Waals surface area contributed by atoms with E-state index in [1.54, 1.807) is 19.1 Å². The number of carbonyl (C=O) groups excluding carboxylic acids is 2. The largest absolute Gasteiger partial charge is 0.454 e. The van der Waals surface area contributed by atoms with Crippen molar-refractivity contribution >= 4 is 28.3 Å². The summed E-state index contributed by atoms with van der Waals surface area (Å²) in [5.41, 5.74) is 1.06. The highest BCUT2D eigenvalue weighted by atomic mass is 16.7. The van der Waals surface area contributed by atoms with E-state index in [0.29, 0.717) is 16.6 Å². The van der Waals surface area contributed by atoms with Gasteiger partial charge in [0, 0.05) is 28.2 Å². The van der Waals surface area contributed by atoms with Gasteiger partial charge in [-0.3, -0.25) is 14.9 Å². The minimum absolute atomic E-state index is 0.0975. The zero-order valence-corrected chi connectivity index (χ0v) is 15.6. The Morgan fingerprint density at radius 2 is 1.90 bits per heavy atom. The summed E-state index contributed by atoms with van der Waals surface area (Å²) in [5.74, 6) is -1.02. The van der Waals surface area contributed by atoms with Crippen molar-refractivity contribution in [1.29, 1.82) is 0 Å². The number of benzene rings is 2. The summed E-state index contributed by atoms with van der Waals surface area (Å²) in [6.45, 7) is 3.09. The van der Waals surface area contributed by atoms with Crippen molar-refractivity contribution in [1.82, 2.24) is 4.98 Å². The van der Waals surface area contributed by atoms with E-state index in [1.165, 1.54) is 13.0 Å². The first-order valence-corrected chi connectivity index (χ1v) is 8.77. The van der Waals surface area contributed by atoms with Gasteiger partial charge in [0.15, 0.2) is 17.6 Å². The minimum atomic E-state index is -1.15. The maximum absolute atomic E-state index is 12.9. The molecule has 1 aromatic heterocycles. The molecular weight excluding hydrogens is 380 g/mol. The average molecular weight is 396 g/mol. The molecule has 1 aliphatic heterocycles. The van der Waals surface area contributed by atoms with Gasteiger partial charge in [-0.25, -0.2) is 4.79 Å². The number of aromatic amines is 1. The fraction of sp³-hybridized carbons (Fsp3) is 0.200. The van der Waals surface area contributed by atoms with E-state index in [2.05, 4.69) is 4.98 Å². The van der Waals surface area contributed by atoms with Crippen molar-refractivity contribution in [2.75, 3.05) is 6.79 Å². The van der Waals surface area contributed by atoms with E-state index < -0.39 is 28.5 Å². The Labute approximate surface area is 164 Å². The zero-order chi connectivity index (χ0) is 20.7. The number of nitrogens with zero attached hydrogens (tertiary/aromatic N) is 1. The van der Waals surface area contributed by atoms with Crippen molar-refractivity contribution in [3.63, 3.8) is 0 Å². The maximum Gasteiger partial charge on any atom is 0.346 e. The summed E-state index contributed by atoms with van der Waals surface area (Å²) in [4.78, 5) is 39.3. The summed E-state index contributed by atoms with van der Waals surface area (Å²) in [6.07, 6.45) is -1.15. The van der Waals surface area contributed by atoms with E-state index in [4.69, 9.17) is 14.2 Å². The SMILES string of the molecule is Cc1[nH]c2ccccc2c1C(=O)[C@@H](C)OC(=O)c1cc2c(cc1[N+](=O)[O-])OCO2. The lowest BCUT2D eigenvalue weighted by molar-refractivity contribution is -0.385. The molecule has 1 N–H and O–H groups in total. The maximum atomic E-state index is 12.9. The number of H-pyrrole nitrogens is 1. The molecule has 0 aliphatic carbocycles. The predicted octanol–water partition coefficient (Wildman–Crippen LogP) is 3.54. The Morgan fingerprint density at radius 1 is 1.21 bits per heavy atom. The van der Waals surface area contributed by atoms with Gasteiger partial charge in [-0.05, 0) is 19.9 Å². The molecule has 0 saturated carbocycles. The third-order valence-corrected chi connectivity index (χ3v) is 4.70. The van der Waals surface area contributed by atoms with E-state index in [9.17, 15) is 19.7 Å². The van der Waals surface area contributed by atoms with Crippen LogP contribution in [0.25, 0.3) is 10.9 Å². The van der Waals surface area contributed by atoms with Crippen LogP contribution in [0.3, 0.4) is 0 Å². The van der Waals surface area contributed by atoms with E-state index in [0.717, 1.165) is 11.6 Å². The number of ether oxygens (including phenoxy) is 3. The number of para-hydroxylation sites is 1. The minimum Gasteiger partial charge on any atom is -0.454 e. The molecule has 9 heteroatoms. The van der Waals surface area contributed by atoms with Crippen LogP contribution in [0.4, 0.5) is 5.69 Å². The van der Waals surface area contributed by atoms with Gasteiger partial charge < -0.3 is 19.2 Å². The second-order valence-electron chi connectivity index (χ2n) is 6.56. The van der Waals surface area contributed by atoms with Crippen LogP contribution in [0.1, 0.15) is 33.3 Å². The highest BCUT2D eigenvalue weighted by Gasteiger charge is 2.31. The second kappa shape index (κ2) is 6.93. The first kappa shape index (κ1) is 18.5. The molecule has 1 aliphatic rings. The van der Waals surface area contributed by atoms with Gasteiger partial charge in [0.25, 0.3) is 5.69 Å². The number of aromatic nitrogens is 1. The number of carbonyl (C=O) groups is 2. The summed E-state index contributed by atoms with van der Waals surface area (Å²) >= 11 is 0. The molecule has 0 spiro atoms. The molecule has 0 unspecified atom stereocenters. The highest BCUT2D eigenvalue weighted by molar-refractivity contribution is 6.12. The number of hydrogen-bond donors (Lipinski definition) is 1. The number of nitrogens with one attached hydrogen (secondary N) is 1. The fourth-order valence-electron chi connectivity index (χ4n) is 3.32. The summed E-state index contributed by atoms with van der Waals surface area (Å²) in [5, 5.41) is 12.1. The van der Waals surface area contributed by atoms with Gasteiger partial charge in [-0.1, -0.05) is 18.2 Å². The highest BCUT2D eigenvalue weighted by Crippen LogP contribution is 2.38. The Bertz CT molecular complexity index is 1170. The average Bonchev–Trinajstić information content (AvgIpc) is 3.28. The molecule has 0 saturated heterocycles. The molecular formula is C20H16N2O7. The molecule has 3 aromatic rings. The standard InChI is InChI=1S/C20H16N2O7/c1-10-18(12-5-3-4-6-14(12)21-10)19(23)11(2)29-20(24)13-7-16-17(28-9-27-16)8-15(13)22(25)26/h3-8,11,21H,9H2,1-2H3/t11-/m1/s1.